The number of esters is 1. The van der Waals surface area contributed by atoms with E-state index in [-0.39, 0.29) is 31.5 Å². The lowest BCUT2D eigenvalue weighted by molar-refractivity contribution is -0.870. The highest BCUT2D eigenvalue weighted by molar-refractivity contribution is 7.47. The molecular formula is C58H108N2O7P+. The fraction of sp³-hybridized carbons (Fsp3) is 0.793. The number of ether oxygens (including phenoxy) is 1. The van der Waals surface area contributed by atoms with Crippen molar-refractivity contribution in [1.82, 2.24) is 5.32 Å². The first-order valence-corrected chi connectivity index (χ1v) is 29.6. The zero-order valence-electron chi connectivity index (χ0n) is 45.1. The van der Waals surface area contributed by atoms with E-state index in [4.69, 9.17) is 13.8 Å². The Morgan fingerprint density at radius 3 is 1.38 bits per heavy atom. The number of likely N-dealkylation sites (N-methyl/N-ethyl adjacent to an activating group) is 1. The molecule has 0 aromatic rings. The monoisotopic (exact) mass is 976 g/mol. The summed E-state index contributed by atoms with van der Waals surface area (Å²) in [6, 6.07) is -0.858. The van der Waals surface area contributed by atoms with Crippen LogP contribution < -0.4 is 5.32 Å². The van der Waals surface area contributed by atoms with E-state index in [1.54, 1.807) is 0 Å². The molecule has 0 bridgehead atoms. The number of carbonyl (C=O) groups excluding carboxylic acids is 2. The Bertz CT molecular complexity index is 1350. The van der Waals surface area contributed by atoms with Gasteiger partial charge in [-0.1, -0.05) is 217 Å². The molecule has 1 amide bonds. The number of phosphoric ester groups is 1. The normalized spacial score (nSPS) is 14.3. The Labute approximate surface area is 420 Å². The number of nitrogens with one attached hydrogen (secondary N) is 1. The minimum atomic E-state index is -4.45. The number of carbonyl (C=O) groups is 2. The van der Waals surface area contributed by atoms with E-state index in [9.17, 15) is 19.0 Å². The van der Waals surface area contributed by atoms with Crippen LogP contribution in [-0.4, -0.2) is 74.3 Å². The van der Waals surface area contributed by atoms with Gasteiger partial charge in [-0.2, -0.15) is 0 Å². The van der Waals surface area contributed by atoms with Crippen LogP contribution in [0.5, 0.6) is 0 Å². The van der Waals surface area contributed by atoms with Crippen molar-refractivity contribution in [3.05, 3.63) is 60.8 Å². The number of allylic oxidation sites excluding steroid dienone is 9. The first-order chi connectivity index (χ1) is 32.9. The van der Waals surface area contributed by atoms with Crippen LogP contribution >= 0.6 is 7.82 Å². The summed E-state index contributed by atoms with van der Waals surface area (Å²) in [6.45, 7) is 6.95. The Kier molecular flexibility index (Phi) is 46.7. The lowest BCUT2D eigenvalue weighted by Gasteiger charge is -2.27. The molecule has 3 unspecified atom stereocenters. The predicted molar refractivity (Wildman–Crippen MR) is 291 cm³/mol. The number of hydrogen-bond donors (Lipinski definition) is 2. The molecule has 0 fully saturated rings. The Morgan fingerprint density at radius 1 is 0.515 bits per heavy atom. The van der Waals surface area contributed by atoms with Crippen LogP contribution in [0.25, 0.3) is 0 Å². The number of quaternary nitrogens is 1. The Morgan fingerprint density at radius 2 is 0.897 bits per heavy atom. The van der Waals surface area contributed by atoms with Crippen molar-refractivity contribution < 1.29 is 37.3 Å². The van der Waals surface area contributed by atoms with Gasteiger partial charge in [-0.15, -0.1) is 0 Å². The molecular weight excluding hydrogens is 868 g/mol. The van der Waals surface area contributed by atoms with Crippen LogP contribution in [0.4, 0.5) is 0 Å². The summed E-state index contributed by atoms with van der Waals surface area (Å²) in [6.07, 6.45) is 59.2. The van der Waals surface area contributed by atoms with Crippen LogP contribution in [0.15, 0.2) is 60.8 Å². The van der Waals surface area contributed by atoms with E-state index >= 15 is 0 Å². The lowest BCUT2D eigenvalue weighted by Crippen LogP contribution is -2.47. The molecule has 0 rings (SSSR count). The SMILES string of the molecule is CCCCC/C=C\C/C=C\C/C=C\C/C=C\CCCCCC(=O)OC(/C=C/CCCCCCCCCCCC)C(COP(=O)(O)OCC[N+](C)(C)C)NC(=O)CCCCCCCCCCCCC. The maximum absolute atomic E-state index is 13.4. The number of unbranched alkanes of at least 4 members (excludes halogenated alkanes) is 26. The molecule has 9 nitrogen and oxygen atoms in total. The second kappa shape index (κ2) is 48.3. The van der Waals surface area contributed by atoms with E-state index in [0.29, 0.717) is 23.9 Å². The molecule has 10 heteroatoms. The fourth-order valence-corrected chi connectivity index (χ4v) is 8.54. The van der Waals surface area contributed by atoms with Crippen molar-refractivity contribution in [2.24, 2.45) is 0 Å². The van der Waals surface area contributed by atoms with E-state index in [1.165, 1.54) is 128 Å². The van der Waals surface area contributed by atoms with Gasteiger partial charge in [0.15, 0.2) is 0 Å². The summed E-state index contributed by atoms with van der Waals surface area (Å²) >= 11 is 0. The maximum atomic E-state index is 13.4. The number of rotatable bonds is 50. The number of hydrogen-bond acceptors (Lipinski definition) is 6. The zero-order chi connectivity index (χ0) is 50.1. The maximum Gasteiger partial charge on any atom is 0.472 e. The highest BCUT2D eigenvalue weighted by Crippen LogP contribution is 2.43. The molecule has 396 valence electrons. The second-order valence-corrected chi connectivity index (χ2v) is 21.6. The van der Waals surface area contributed by atoms with Gasteiger partial charge in [-0.3, -0.25) is 18.6 Å². The highest BCUT2D eigenvalue weighted by Gasteiger charge is 2.30. The van der Waals surface area contributed by atoms with Gasteiger partial charge in [0.1, 0.15) is 19.3 Å². The van der Waals surface area contributed by atoms with Crippen LogP contribution in [0.3, 0.4) is 0 Å². The van der Waals surface area contributed by atoms with Crippen LogP contribution in [0.1, 0.15) is 245 Å². The van der Waals surface area contributed by atoms with E-state index in [2.05, 4.69) is 74.7 Å². The van der Waals surface area contributed by atoms with E-state index in [1.807, 2.05) is 33.3 Å². The summed E-state index contributed by atoms with van der Waals surface area (Å²) in [5.41, 5.74) is 0. The summed E-state index contributed by atoms with van der Waals surface area (Å²) in [5, 5.41) is 3.03. The van der Waals surface area contributed by atoms with Crippen molar-refractivity contribution in [3.63, 3.8) is 0 Å². The molecule has 0 aromatic heterocycles. The Hall–Kier alpha value is -2.29. The molecule has 0 aliphatic heterocycles. The molecule has 2 N–H and O–H groups in total. The zero-order valence-corrected chi connectivity index (χ0v) is 46.0. The van der Waals surface area contributed by atoms with Crippen molar-refractivity contribution in [3.8, 4) is 0 Å². The van der Waals surface area contributed by atoms with Crippen molar-refractivity contribution >= 4 is 19.7 Å². The average molecular weight is 976 g/mol. The fourth-order valence-electron chi connectivity index (χ4n) is 7.80. The molecule has 0 radical (unpaired) electrons. The third-order valence-electron chi connectivity index (χ3n) is 12.2. The van der Waals surface area contributed by atoms with Crippen molar-refractivity contribution in [1.29, 1.82) is 0 Å². The molecule has 0 heterocycles. The molecule has 0 aliphatic rings. The smallest absolute Gasteiger partial charge is 0.456 e. The van der Waals surface area contributed by atoms with Gasteiger partial charge in [-0.25, -0.2) is 4.57 Å². The second-order valence-electron chi connectivity index (χ2n) is 20.1. The van der Waals surface area contributed by atoms with Crippen LogP contribution in [0.2, 0.25) is 0 Å². The van der Waals surface area contributed by atoms with E-state index in [0.717, 1.165) is 77.0 Å². The molecule has 68 heavy (non-hydrogen) atoms. The van der Waals surface area contributed by atoms with Crippen molar-refractivity contribution in [2.45, 2.75) is 258 Å². The minimum absolute atomic E-state index is 0.0345. The topological polar surface area (TPSA) is 111 Å². The quantitative estimate of drug-likeness (QED) is 0.0205. The number of amides is 1. The van der Waals surface area contributed by atoms with Gasteiger partial charge in [0.05, 0.1) is 33.8 Å². The molecule has 0 aliphatic carbocycles. The first-order valence-electron chi connectivity index (χ1n) is 28.1. The molecule has 3 atom stereocenters. The number of nitrogens with zero attached hydrogens (tertiary/aromatic N) is 1. The van der Waals surface area contributed by atoms with Gasteiger partial charge in [-0.05, 0) is 76.7 Å². The highest BCUT2D eigenvalue weighted by atomic mass is 31.2. The predicted octanol–water partition coefficient (Wildman–Crippen LogP) is 16.7. The standard InChI is InChI=1S/C58H107N2O7P/c1-7-10-13-16-19-22-25-27-28-29-30-31-32-33-36-39-42-45-48-51-58(62)67-56(49-46-43-40-37-35-26-23-20-17-14-11-8-2)55(54-66-68(63,64)65-53-52-60(4,5)6)59-57(61)50-47-44-41-38-34-24-21-18-15-12-9-3/h19,22,27-28,30-31,33,36,46,49,55-56H,7-18,20-21,23-26,29,32,34-35,37-45,47-48,50-54H2,1-6H3,(H-,59,61,63,64)/p+1/b22-19-,28-27-,31-30-,36-33-,49-46+. The van der Waals surface area contributed by atoms with Crippen LogP contribution in [-0.2, 0) is 27.9 Å². The number of phosphoric acid groups is 1. The summed E-state index contributed by atoms with van der Waals surface area (Å²) in [7, 11) is 1.48. The summed E-state index contributed by atoms with van der Waals surface area (Å²) in [4.78, 5) is 37.5. The molecule has 0 aromatic carbocycles. The third kappa shape index (κ3) is 48.7. The van der Waals surface area contributed by atoms with E-state index < -0.39 is 20.0 Å². The largest absolute Gasteiger partial charge is 0.472 e. The average Bonchev–Trinajstić information content (AvgIpc) is 3.29. The third-order valence-corrected chi connectivity index (χ3v) is 13.2. The van der Waals surface area contributed by atoms with Gasteiger partial charge in [0.25, 0.3) is 0 Å². The van der Waals surface area contributed by atoms with Gasteiger partial charge < -0.3 is 19.4 Å². The van der Waals surface area contributed by atoms with Crippen molar-refractivity contribution in [2.75, 3.05) is 40.9 Å². The lowest BCUT2D eigenvalue weighted by atomic mass is 10.0. The first kappa shape index (κ1) is 65.7. The minimum Gasteiger partial charge on any atom is -0.456 e. The molecule has 0 saturated heterocycles. The molecule has 0 saturated carbocycles. The summed E-state index contributed by atoms with van der Waals surface area (Å²) in [5.74, 6) is -0.540. The van der Waals surface area contributed by atoms with Gasteiger partial charge >= 0.3 is 13.8 Å². The molecule has 0 spiro atoms. The Balaban J connectivity index is 5.39. The van der Waals surface area contributed by atoms with Gasteiger partial charge in [0.2, 0.25) is 5.91 Å². The van der Waals surface area contributed by atoms with Crippen LogP contribution in [0, 0.1) is 0 Å². The van der Waals surface area contributed by atoms with Gasteiger partial charge in [0, 0.05) is 12.8 Å². The summed E-state index contributed by atoms with van der Waals surface area (Å²) < 4.78 is 30.5.